The molecule has 0 aliphatic carbocycles. The first-order chi connectivity index (χ1) is 14.2. The number of hydrogen-bond donors (Lipinski definition) is 1. The number of nitrogens with zero attached hydrogens (tertiary/aromatic N) is 1. The molecular weight excluding hydrogens is 408 g/mol. The smallest absolute Gasteiger partial charge is 0.255 e. The van der Waals surface area contributed by atoms with Crippen LogP contribution in [0.2, 0.25) is 0 Å². The maximum absolute atomic E-state index is 13.1. The molecule has 8 nitrogen and oxygen atoms in total. The number of fused-ring (bicyclic) bond motifs is 1. The van der Waals surface area contributed by atoms with Crippen LogP contribution in [0.25, 0.3) is 0 Å². The molecule has 2 amide bonds. The van der Waals surface area contributed by atoms with Crippen molar-refractivity contribution in [1.82, 2.24) is 4.90 Å². The molecule has 0 saturated heterocycles. The molecule has 0 radical (unpaired) electrons. The normalized spacial score (nSPS) is 14.2. The summed E-state index contributed by atoms with van der Waals surface area (Å²) in [5, 5.41) is 2.77. The molecular formula is C21H24N2O6S. The zero-order chi connectivity index (χ0) is 21.9. The van der Waals surface area contributed by atoms with Gasteiger partial charge in [-0.3, -0.25) is 9.59 Å². The van der Waals surface area contributed by atoms with Crippen molar-refractivity contribution in [3.8, 4) is 11.5 Å². The van der Waals surface area contributed by atoms with Crippen molar-refractivity contribution >= 4 is 27.3 Å². The largest absolute Gasteiger partial charge is 0.493 e. The number of ether oxygens (including phenoxy) is 2. The van der Waals surface area contributed by atoms with Gasteiger partial charge in [0.25, 0.3) is 5.91 Å². The number of carbonyl (C=O) groups excluding carboxylic acids is 2. The van der Waals surface area contributed by atoms with Gasteiger partial charge in [-0.1, -0.05) is 18.2 Å². The molecule has 2 aromatic rings. The van der Waals surface area contributed by atoms with Crippen LogP contribution in [0.1, 0.15) is 22.3 Å². The van der Waals surface area contributed by atoms with Crippen molar-refractivity contribution in [2.24, 2.45) is 0 Å². The second-order valence-electron chi connectivity index (χ2n) is 7.08. The topological polar surface area (TPSA) is 102 Å². The Labute approximate surface area is 175 Å². The average Bonchev–Trinajstić information content (AvgIpc) is 3.04. The SMILES string of the molecule is COc1ccc(NC(=O)[C@H](CCS(C)(=O)=O)N2Cc3ccccc3C2=O)cc1OC. The van der Waals surface area contributed by atoms with Gasteiger partial charge >= 0.3 is 0 Å². The highest BCUT2D eigenvalue weighted by Crippen LogP contribution is 2.31. The van der Waals surface area contributed by atoms with Gasteiger partial charge in [-0.05, 0) is 30.2 Å². The zero-order valence-corrected chi connectivity index (χ0v) is 17.9. The number of rotatable bonds is 8. The lowest BCUT2D eigenvalue weighted by Gasteiger charge is -2.27. The van der Waals surface area contributed by atoms with Crippen molar-refractivity contribution < 1.29 is 27.5 Å². The molecule has 1 aliphatic heterocycles. The molecule has 1 N–H and O–H groups in total. The second kappa shape index (κ2) is 8.74. The van der Waals surface area contributed by atoms with Gasteiger partial charge < -0.3 is 19.7 Å². The number of methoxy groups -OCH3 is 2. The summed E-state index contributed by atoms with van der Waals surface area (Å²) < 4.78 is 33.9. The Hall–Kier alpha value is -3.07. The molecule has 0 fully saturated rings. The van der Waals surface area contributed by atoms with E-state index in [1.165, 1.54) is 19.1 Å². The molecule has 0 bridgehead atoms. The first-order valence-corrected chi connectivity index (χ1v) is 11.4. The predicted molar refractivity (Wildman–Crippen MR) is 113 cm³/mol. The Morgan fingerprint density at radius 3 is 2.47 bits per heavy atom. The van der Waals surface area contributed by atoms with E-state index in [2.05, 4.69) is 5.32 Å². The third-order valence-electron chi connectivity index (χ3n) is 4.94. The van der Waals surface area contributed by atoms with Crippen LogP contribution < -0.4 is 14.8 Å². The van der Waals surface area contributed by atoms with E-state index in [-0.39, 0.29) is 24.6 Å². The Kier molecular flexibility index (Phi) is 6.31. The highest BCUT2D eigenvalue weighted by molar-refractivity contribution is 7.90. The molecule has 9 heteroatoms. The van der Waals surface area contributed by atoms with Gasteiger partial charge in [0.2, 0.25) is 5.91 Å². The van der Waals surface area contributed by atoms with Crippen molar-refractivity contribution in [3.63, 3.8) is 0 Å². The van der Waals surface area contributed by atoms with Crippen molar-refractivity contribution in [2.45, 2.75) is 19.0 Å². The third kappa shape index (κ3) is 4.73. The predicted octanol–water partition coefficient (Wildman–Crippen LogP) is 2.10. The molecule has 1 heterocycles. The lowest BCUT2D eigenvalue weighted by molar-refractivity contribution is -0.120. The minimum atomic E-state index is -3.31. The minimum absolute atomic E-state index is 0.00230. The number of sulfone groups is 1. The number of hydrogen-bond acceptors (Lipinski definition) is 6. The maximum atomic E-state index is 13.1. The Balaban J connectivity index is 1.85. The Bertz CT molecular complexity index is 1070. The van der Waals surface area contributed by atoms with Crippen molar-refractivity contribution in [2.75, 3.05) is 31.5 Å². The summed E-state index contributed by atoms with van der Waals surface area (Å²) in [6.45, 7) is 0.253. The maximum Gasteiger partial charge on any atom is 0.255 e. The van der Waals surface area contributed by atoms with E-state index in [9.17, 15) is 18.0 Å². The summed E-state index contributed by atoms with van der Waals surface area (Å²) in [5.74, 6) is -0.0162. The fraction of sp³-hybridized carbons (Fsp3) is 0.333. The molecule has 3 rings (SSSR count). The van der Waals surface area contributed by atoms with Gasteiger partial charge in [0.1, 0.15) is 15.9 Å². The van der Waals surface area contributed by atoms with Crippen LogP contribution in [0.15, 0.2) is 42.5 Å². The average molecular weight is 432 g/mol. The molecule has 0 saturated carbocycles. The fourth-order valence-corrected chi connectivity index (χ4v) is 4.07. The van der Waals surface area contributed by atoms with Gasteiger partial charge in [0.15, 0.2) is 11.5 Å². The molecule has 0 aromatic heterocycles. The monoisotopic (exact) mass is 432 g/mol. The first kappa shape index (κ1) is 21.6. The molecule has 30 heavy (non-hydrogen) atoms. The van der Waals surface area contributed by atoms with Crippen LogP contribution in [0.4, 0.5) is 5.69 Å². The van der Waals surface area contributed by atoms with E-state index in [0.29, 0.717) is 22.7 Å². The second-order valence-corrected chi connectivity index (χ2v) is 9.34. The number of anilines is 1. The number of amides is 2. The standard InChI is InChI=1S/C21H24N2O6S/c1-28-18-9-8-15(12-19(18)29-2)22-20(24)17(10-11-30(3,26)27)23-13-14-6-4-5-7-16(14)21(23)25/h4-9,12,17H,10-11,13H2,1-3H3,(H,22,24)/t17-/m0/s1. The lowest BCUT2D eigenvalue weighted by Crippen LogP contribution is -2.45. The van der Waals surface area contributed by atoms with E-state index in [1.54, 1.807) is 30.3 Å². The first-order valence-electron chi connectivity index (χ1n) is 9.33. The summed E-state index contributed by atoms with van der Waals surface area (Å²) in [6.07, 6.45) is 1.11. The van der Waals surface area contributed by atoms with Crippen LogP contribution >= 0.6 is 0 Å². The molecule has 2 aromatic carbocycles. The van der Waals surface area contributed by atoms with Gasteiger partial charge in [0.05, 0.1) is 20.0 Å². The Morgan fingerprint density at radius 1 is 1.13 bits per heavy atom. The van der Waals surface area contributed by atoms with Crippen molar-refractivity contribution in [1.29, 1.82) is 0 Å². The summed E-state index contributed by atoms with van der Waals surface area (Å²) in [5.41, 5.74) is 1.79. The number of carbonyl (C=O) groups is 2. The summed E-state index contributed by atoms with van der Waals surface area (Å²) in [7, 11) is -0.322. The molecule has 0 spiro atoms. The van der Waals surface area contributed by atoms with E-state index >= 15 is 0 Å². The summed E-state index contributed by atoms with van der Waals surface area (Å²) >= 11 is 0. The van der Waals surface area contributed by atoms with E-state index in [1.807, 2.05) is 12.1 Å². The van der Waals surface area contributed by atoms with E-state index in [4.69, 9.17) is 9.47 Å². The highest BCUT2D eigenvalue weighted by atomic mass is 32.2. The van der Waals surface area contributed by atoms with Gasteiger partial charge in [0, 0.05) is 30.1 Å². The van der Waals surface area contributed by atoms with E-state index in [0.717, 1.165) is 11.8 Å². The molecule has 160 valence electrons. The van der Waals surface area contributed by atoms with Gasteiger partial charge in [-0.25, -0.2) is 8.42 Å². The lowest BCUT2D eigenvalue weighted by atomic mass is 10.1. The third-order valence-corrected chi connectivity index (χ3v) is 5.92. The highest BCUT2D eigenvalue weighted by Gasteiger charge is 2.36. The number of nitrogens with one attached hydrogen (secondary N) is 1. The molecule has 1 atom stereocenters. The number of benzene rings is 2. The van der Waals surface area contributed by atoms with E-state index < -0.39 is 21.8 Å². The van der Waals surface area contributed by atoms with Crippen molar-refractivity contribution in [3.05, 3.63) is 53.6 Å². The van der Waals surface area contributed by atoms with Gasteiger partial charge in [-0.2, -0.15) is 0 Å². The minimum Gasteiger partial charge on any atom is -0.493 e. The zero-order valence-electron chi connectivity index (χ0n) is 17.0. The van der Waals surface area contributed by atoms with Crippen LogP contribution in [0.5, 0.6) is 11.5 Å². The molecule has 1 aliphatic rings. The van der Waals surface area contributed by atoms with Crippen LogP contribution in [-0.2, 0) is 21.2 Å². The molecule has 0 unspecified atom stereocenters. The summed E-state index contributed by atoms with van der Waals surface area (Å²) in [6, 6.07) is 11.1. The Morgan fingerprint density at radius 2 is 1.83 bits per heavy atom. The van der Waals surface area contributed by atoms with Crippen LogP contribution in [-0.4, -0.2) is 57.4 Å². The van der Waals surface area contributed by atoms with Crippen LogP contribution in [0, 0.1) is 0 Å². The fourth-order valence-electron chi connectivity index (χ4n) is 3.42. The quantitative estimate of drug-likeness (QED) is 0.685. The summed E-state index contributed by atoms with van der Waals surface area (Å²) in [4.78, 5) is 27.4. The van der Waals surface area contributed by atoms with Crippen LogP contribution in [0.3, 0.4) is 0 Å². The van der Waals surface area contributed by atoms with Gasteiger partial charge in [-0.15, -0.1) is 0 Å².